The molecule has 9 heteroatoms. The van der Waals surface area contributed by atoms with Gasteiger partial charge in [0, 0.05) is 29.3 Å². The zero-order chi connectivity index (χ0) is 18.7. The lowest BCUT2D eigenvalue weighted by molar-refractivity contribution is -0.385. The normalized spacial score (nSPS) is 13.2. The Bertz CT molecular complexity index is 916. The fraction of sp³-hybridized carbons (Fsp3) is 0.118. The van der Waals surface area contributed by atoms with E-state index in [4.69, 9.17) is 21.1 Å². The zero-order valence-corrected chi connectivity index (χ0v) is 14.0. The van der Waals surface area contributed by atoms with Gasteiger partial charge in [-0.3, -0.25) is 14.9 Å². The quantitative estimate of drug-likeness (QED) is 0.495. The lowest BCUT2D eigenvalue weighted by Gasteiger charge is -2.19. The number of fused-ring (bicyclic) bond motifs is 1. The van der Waals surface area contributed by atoms with E-state index in [9.17, 15) is 19.3 Å². The molecule has 7 nitrogen and oxygen atoms in total. The van der Waals surface area contributed by atoms with Crippen LogP contribution >= 0.6 is 11.6 Å². The maximum Gasteiger partial charge on any atom is 0.270 e. The fourth-order valence-corrected chi connectivity index (χ4v) is 2.58. The van der Waals surface area contributed by atoms with Crippen molar-refractivity contribution >= 4 is 35.0 Å². The van der Waals surface area contributed by atoms with E-state index in [1.165, 1.54) is 36.4 Å². The minimum Gasteiger partial charge on any atom is -0.467 e. The minimum atomic E-state index is -0.746. The van der Waals surface area contributed by atoms with E-state index in [0.717, 1.165) is 6.08 Å². The summed E-state index contributed by atoms with van der Waals surface area (Å²) < 4.78 is 24.3. The highest BCUT2D eigenvalue weighted by Gasteiger charge is 2.20. The van der Waals surface area contributed by atoms with Crippen molar-refractivity contribution in [1.82, 2.24) is 0 Å². The van der Waals surface area contributed by atoms with Crippen molar-refractivity contribution in [3.63, 3.8) is 0 Å². The van der Waals surface area contributed by atoms with Gasteiger partial charge >= 0.3 is 0 Å². The van der Waals surface area contributed by atoms with Crippen molar-refractivity contribution in [3.05, 3.63) is 68.5 Å². The second kappa shape index (κ2) is 7.51. The summed E-state index contributed by atoms with van der Waals surface area (Å²) in [5, 5.41) is 13.3. The maximum absolute atomic E-state index is 13.8. The van der Waals surface area contributed by atoms with Crippen molar-refractivity contribution in [1.29, 1.82) is 0 Å². The average molecular weight is 379 g/mol. The Balaban J connectivity index is 1.85. The first kappa shape index (κ1) is 17.8. The molecule has 1 N–H and O–H groups in total. The van der Waals surface area contributed by atoms with Crippen LogP contribution < -0.4 is 10.1 Å². The van der Waals surface area contributed by atoms with E-state index in [-0.39, 0.29) is 29.8 Å². The lowest BCUT2D eigenvalue weighted by atomic mass is 10.1. The predicted molar refractivity (Wildman–Crippen MR) is 92.5 cm³/mol. The number of non-ortho nitro benzene ring substituents is 1. The number of amides is 1. The summed E-state index contributed by atoms with van der Waals surface area (Å²) in [5.41, 5.74) is 0.627. The summed E-state index contributed by atoms with van der Waals surface area (Å²) in [4.78, 5) is 22.5. The zero-order valence-electron chi connectivity index (χ0n) is 13.2. The molecular formula is C17H12ClFN2O5. The molecule has 0 atom stereocenters. The van der Waals surface area contributed by atoms with E-state index in [1.54, 1.807) is 0 Å². The maximum atomic E-state index is 13.8. The number of hydrogen-bond donors (Lipinski definition) is 1. The number of carbonyl (C=O) groups is 1. The fourth-order valence-electron chi connectivity index (χ4n) is 2.40. The number of hydrogen-bond acceptors (Lipinski definition) is 5. The van der Waals surface area contributed by atoms with E-state index in [2.05, 4.69) is 5.32 Å². The van der Waals surface area contributed by atoms with Gasteiger partial charge in [0.25, 0.3) is 5.69 Å². The van der Waals surface area contributed by atoms with Crippen LogP contribution in [0, 0.1) is 15.9 Å². The predicted octanol–water partition coefficient (Wildman–Crippen LogP) is 3.91. The van der Waals surface area contributed by atoms with Crippen LogP contribution in [0.4, 0.5) is 15.8 Å². The molecule has 1 aliphatic heterocycles. The van der Waals surface area contributed by atoms with Crippen LogP contribution in [0.15, 0.2) is 36.4 Å². The van der Waals surface area contributed by atoms with Crippen molar-refractivity contribution in [2.75, 3.05) is 12.1 Å². The summed E-state index contributed by atoms with van der Waals surface area (Å²) in [6, 6.07) is 6.86. The van der Waals surface area contributed by atoms with Crippen LogP contribution in [-0.4, -0.2) is 17.6 Å². The molecule has 0 bridgehead atoms. The summed E-state index contributed by atoms with van der Waals surface area (Å²) in [5.74, 6) is -0.970. The number of nitro groups is 1. The monoisotopic (exact) mass is 378 g/mol. The van der Waals surface area contributed by atoms with Gasteiger partial charge in [0.05, 0.1) is 22.2 Å². The van der Waals surface area contributed by atoms with Gasteiger partial charge in [0.1, 0.15) is 5.75 Å². The topological polar surface area (TPSA) is 90.7 Å². The lowest BCUT2D eigenvalue weighted by Crippen LogP contribution is -2.13. The van der Waals surface area contributed by atoms with Crippen molar-refractivity contribution in [2.45, 2.75) is 6.61 Å². The molecule has 3 rings (SSSR count). The summed E-state index contributed by atoms with van der Waals surface area (Å²) in [6.45, 7) is 0.170. The second-order valence-corrected chi connectivity index (χ2v) is 5.72. The Hall–Kier alpha value is -2.97. The Morgan fingerprint density at radius 3 is 2.96 bits per heavy atom. The van der Waals surface area contributed by atoms with Gasteiger partial charge in [0.2, 0.25) is 5.91 Å². The van der Waals surface area contributed by atoms with E-state index < -0.39 is 16.6 Å². The van der Waals surface area contributed by atoms with Crippen LogP contribution in [0.5, 0.6) is 5.75 Å². The molecule has 1 aliphatic rings. The molecule has 1 amide bonds. The number of ether oxygens (including phenoxy) is 2. The molecule has 0 aliphatic carbocycles. The third-order valence-corrected chi connectivity index (χ3v) is 3.85. The molecule has 0 saturated carbocycles. The molecular weight excluding hydrogens is 367 g/mol. The van der Waals surface area contributed by atoms with Crippen molar-refractivity contribution in [3.8, 4) is 5.75 Å². The van der Waals surface area contributed by atoms with Crippen LogP contribution in [0.1, 0.15) is 11.1 Å². The smallest absolute Gasteiger partial charge is 0.270 e. The number of benzene rings is 2. The van der Waals surface area contributed by atoms with Gasteiger partial charge in [-0.05, 0) is 18.2 Å². The molecule has 26 heavy (non-hydrogen) atoms. The van der Waals surface area contributed by atoms with Gasteiger partial charge in [-0.2, -0.15) is 0 Å². The van der Waals surface area contributed by atoms with Crippen molar-refractivity contribution in [2.24, 2.45) is 0 Å². The number of nitro benzene ring substituents is 1. The van der Waals surface area contributed by atoms with E-state index in [1.807, 2.05) is 0 Å². The van der Waals surface area contributed by atoms with Crippen molar-refractivity contribution < 1.29 is 23.6 Å². The molecule has 2 aromatic carbocycles. The Morgan fingerprint density at radius 2 is 2.19 bits per heavy atom. The molecule has 0 unspecified atom stereocenters. The van der Waals surface area contributed by atoms with E-state index in [0.29, 0.717) is 16.9 Å². The molecule has 0 aromatic heterocycles. The average Bonchev–Trinajstić information content (AvgIpc) is 2.63. The Kier molecular flexibility index (Phi) is 5.15. The first-order chi connectivity index (χ1) is 12.5. The first-order valence-corrected chi connectivity index (χ1v) is 7.78. The van der Waals surface area contributed by atoms with Gasteiger partial charge in [0.15, 0.2) is 12.6 Å². The number of halogens is 2. The third kappa shape index (κ3) is 3.81. The van der Waals surface area contributed by atoms with Crippen LogP contribution in [-0.2, 0) is 16.1 Å². The van der Waals surface area contributed by atoms with Gasteiger partial charge in [-0.1, -0.05) is 17.7 Å². The molecule has 2 aromatic rings. The highest BCUT2D eigenvalue weighted by molar-refractivity contribution is 6.31. The highest BCUT2D eigenvalue weighted by Crippen LogP contribution is 2.33. The summed E-state index contributed by atoms with van der Waals surface area (Å²) >= 11 is 5.66. The molecule has 134 valence electrons. The van der Waals surface area contributed by atoms with E-state index >= 15 is 0 Å². The largest absolute Gasteiger partial charge is 0.467 e. The number of anilines is 1. The second-order valence-electron chi connectivity index (χ2n) is 5.31. The number of rotatable bonds is 4. The minimum absolute atomic E-state index is 0.00553. The number of nitrogens with one attached hydrogen (secondary N) is 1. The van der Waals surface area contributed by atoms with Gasteiger partial charge in [-0.25, -0.2) is 4.39 Å². The first-order valence-electron chi connectivity index (χ1n) is 7.40. The Morgan fingerprint density at radius 1 is 1.38 bits per heavy atom. The SMILES string of the molecule is O=C(C=Cc1cc([N+](=O)[O-])cc2c1OCOC2)Nc1cccc(Cl)c1F. The van der Waals surface area contributed by atoms with Gasteiger partial charge < -0.3 is 14.8 Å². The summed E-state index contributed by atoms with van der Waals surface area (Å²) in [7, 11) is 0. The van der Waals surface area contributed by atoms with Crippen LogP contribution in [0.2, 0.25) is 5.02 Å². The molecule has 0 fully saturated rings. The standard InChI is InChI=1S/C17H12ClFN2O5/c18-13-2-1-3-14(16(13)19)20-15(22)5-4-10-6-12(21(23)24)7-11-8-25-9-26-17(10)11/h1-7H,8-9H2,(H,20,22). The third-order valence-electron chi connectivity index (χ3n) is 3.56. The Labute approximate surface area is 152 Å². The van der Waals surface area contributed by atoms with Gasteiger partial charge in [-0.15, -0.1) is 0 Å². The number of carbonyl (C=O) groups excluding carboxylic acids is 1. The number of nitrogens with zero attached hydrogens (tertiary/aromatic N) is 1. The molecule has 0 radical (unpaired) electrons. The highest BCUT2D eigenvalue weighted by atomic mass is 35.5. The van der Waals surface area contributed by atoms with Crippen LogP contribution in [0.25, 0.3) is 6.08 Å². The molecule has 1 heterocycles. The summed E-state index contributed by atoms with van der Waals surface area (Å²) in [6.07, 6.45) is 2.48. The van der Waals surface area contributed by atoms with Crippen LogP contribution in [0.3, 0.4) is 0 Å². The molecule has 0 saturated heterocycles. The molecule has 0 spiro atoms.